The van der Waals surface area contributed by atoms with Crippen LogP contribution in [0.4, 0.5) is 11.4 Å². The van der Waals surface area contributed by atoms with Crippen LogP contribution in [0, 0.1) is 22.5 Å². The lowest BCUT2D eigenvalue weighted by atomic mass is 10.0. The molecule has 0 spiro atoms. The van der Waals surface area contributed by atoms with E-state index in [4.69, 9.17) is 14.3 Å². The van der Waals surface area contributed by atoms with E-state index in [1.54, 1.807) is 6.07 Å². The maximum atomic E-state index is 11.6. The number of non-ortho nitro benzene ring substituents is 1. The van der Waals surface area contributed by atoms with Gasteiger partial charge < -0.3 is 9.80 Å². The zero-order chi connectivity index (χ0) is 20.7. The number of rotatable bonds is 8. The maximum absolute atomic E-state index is 11.6. The molecule has 0 amide bonds. The summed E-state index contributed by atoms with van der Waals surface area (Å²) in [6.45, 7) is 5.65. The van der Waals surface area contributed by atoms with Gasteiger partial charge in [0.05, 0.1) is 24.0 Å². The van der Waals surface area contributed by atoms with Crippen molar-refractivity contribution in [3.8, 4) is 12.3 Å². The average Bonchev–Trinajstić information content (AvgIpc) is 2.69. The van der Waals surface area contributed by atoms with E-state index >= 15 is 0 Å². The molecule has 1 aliphatic rings. The number of nitro benzene ring substituents is 1. The van der Waals surface area contributed by atoms with Gasteiger partial charge in [-0.1, -0.05) is 40.2 Å². The third-order valence-electron chi connectivity index (χ3n) is 5.03. The summed E-state index contributed by atoms with van der Waals surface area (Å²) in [6.07, 6.45) is 8.49. The minimum atomic E-state index is -0.342. The molecule has 5 nitrogen and oxygen atoms in total. The van der Waals surface area contributed by atoms with E-state index in [0.717, 1.165) is 47.5 Å². The Bertz CT molecular complexity index is 767. The summed E-state index contributed by atoms with van der Waals surface area (Å²) in [7, 11) is 7.80. The van der Waals surface area contributed by atoms with Gasteiger partial charge in [-0.2, -0.15) is 10.5 Å². The predicted molar refractivity (Wildman–Crippen MR) is 131 cm³/mol. The number of piperidine rings is 1. The van der Waals surface area contributed by atoms with Crippen LogP contribution in [0.2, 0.25) is 6.32 Å². The number of nitrogens with zero attached hydrogens (tertiary/aromatic N) is 3. The number of anilines is 1. The Hall–Kier alpha value is -1.05. The van der Waals surface area contributed by atoms with Crippen molar-refractivity contribution in [3.05, 3.63) is 27.8 Å². The van der Waals surface area contributed by atoms with Crippen LogP contribution >= 0.6 is 33.1 Å². The monoisotopic (exact) mass is 511 g/mol. The Morgan fingerprint density at radius 2 is 2.14 bits per heavy atom. The van der Waals surface area contributed by atoms with Gasteiger partial charge in [0.25, 0.3) is 5.69 Å². The normalized spacial score (nSPS) is 16.6. The molecule has 1 atom stereocenters. The van der Waals surface area contributed by atoms with E-state index < -0.39 is 0 Å². The van der Waals surface area contributed by atoms with Crippen LogP contribution in [0.3, 0.4) is 0 Å². The Balaban J connectivity index is 2.65. The third-order valence-corrected chi connectivity index (χ3v) is 8.03. The number of hydrogen-bond acceptors (Lipinski definition) is 4. The highest BCUT2D eigenvalue weighted by Crippen LogP contribution is 2.45. The molecule has 1 aromatic rings. The van der Waals surface area contributed by atoms with Crippen molar-refractivity contribution in [3.63, 3.8) is 0 Å². The van der Waals surface area contributed by atoms with E-state index in [1.807, 2.05) is 0 Å². The van der Waals surface area contributed by atoms with E-state index in [-0.39, 0.29) is 21.1 Å². The first-order valence-corrected chi connectivity index (χ1v) is 12.3. The SMILES string of the molecule is [B]CCN(CCI)c1c(C#C)cc([N+](=O)[O-])cc1/S(=C\C)C1CCN(C)CC1. The van der Waals surface area contributed by atoms with Crippen molar-refractivity contribution in [2.24, 2.45) is 0 Å². The minimum Gasteiger partial charge on any atom is -0.370 e. The second-order valence-corrected chi connectivity index (χ2v) is 10.2. The molecule has 1 unspecified atom stereocenters. The summed E-state index contributed by atoms with van der Waals surface area (Å²) >= 11 is 2.34. The topological polar surface area (TPSA) is 49.6 Å². The molecule has 2 rings (SSSR count). The highest BCUT2D eigenvalue weighted by Gasteiger charge is 2.26. The Morgan fingerprint density at radius 1 is 1.46 bits per heavy atom. The molecular formula is C20H27BIN3O2S. The fraction of sp³-hybridized carbons (Fsp3) is 0.550. The molecule has 8 heteroatoms. The summed E-state index contributed by atoms with van der Waals surface area (Å²) in [5, 5.41) is 14.3. The zero-order valence-electron chi connectivity index (χ0n) is 16.6. The second kappa shape index (κ2) is 11.2. The van der Waals surface area contributed by atoms with Crippen LogP contribution in [0.25, 0.3) is 0 Å². The number of nitro groups is 1. The van der Waals surface area contributed by atoms with Gasteiger partial charge in [-0.3, -0.25) is 10.1 Å². The standard InChI is InChI=1S/C20H27BIN3O2S/c1-4-16-14-17(25(26)27)15-19(20(16)24(12-8-21)13-9-22)28(5-2)18-6-10-23(3)11-7-18/h1,5,14-15,18H,6-13H2,2-3H3. The molecule has 28 heavy (non-hydrogen) atoms. The van der Waals surface area contributed by atoms with Gasteiger partial charge in [-0.15, -0.1) is 6.42 Å². The Labute approximate surface area is 185 Å². The van der Waals surface area contributed by atoms with Gasteiger partial charge in [-0.25, -0.2) is 0 Å². The second-order valence-electron chi connectivity index (χ2n) is 6.82. The van der Waals surface area contributed by atoms with Crippen LogP contribution in [-0.4, -0.2) is 65.9 Å². The molecular weight excluding hydrogens is 484 g/mol. The number of hydrogen-bond donors (Lipinski definition) is 0. The number of terminal acetylenes is 1. The number of halogens is 1. The van der Waals surface area contributed by atoms with Crippen molar-refractivity contribution in [2.75, 3.05) is 42.6 Å². The number of benzene rings is 1. The molecule has 0 N–H and O–H groups in total. The first-order valence-electron chi connectivity index (χ1n) is 9.46. The molecule has 0 aromatic heterocycles. The third kappa shape index (κ3) is 5.52. The lowest BCUT2D eigenvalue weighted by Gasteiger charge is -2.34. The molecule has 1 aliphatic heterocycles. The quantitative estimate of drug-likeness (QED) is 0.101. The first-order chi connectivity index (χ1) is 13.5. The van der Waals surface area contributed by atoms with Crippen LogP contribution in [0.15, 0.2) is 17.0 Å². The average molecular weight is 511 g/mol. The number of likely N-dealkylation sites (tertiary alicyclic amines) is 1. The van der Waals surface area contributed by atoms with E-state index in [2.05, 4.69) is 57.7 Å². The van der Waals surface area contributed by atoms with E-state index in [0.29, 0.717) is 23.7 Å². The Kier molecular flexibility index (Phi) is 9.31. The summed E-state index contributed by atoms with van der Waals surface area (Å²) in [5.74, 6) is 2.71. The van der Waals surface area contributed by atoms with Gasteiger partial charge in [0.2, 0.25) is 0 Å². The van der Waals surface area contributed by atoms with E-state index in [9.17, 15) is 10.1 Å². The van der Waals surface area contributed by atoms with Gasteiger partial charge in [0.1, 0.15) is 0 Å². The summed E-state index contributed by atoms with van der Waals surface area (Å²) in [5.41, 5.74) is 1.62. The van der Waals surface area contributed by atoms with Crippen LogP contribution < -0.4 is 4.90 Å². The fourth-order valence-electron chi connectivity index (χ4n) is 3.65. The fourth-order valence-corrected chi connectivity index (χ4v) is 6.66. The highest BCUT2D eigenvalue weighted by atomic mass is 127. The predicted octanol–water partition coefficient (Wildman–Crippen LogP) is 3.95. The summed E-state index contributed by atoms with van der Waals surface area (Å²) in [4.78, 5) is 16.8. The van der Waals surface area contributed by atoms with Crippen molar-refractivity contribution in [1.82, 2.24) is 4.90 Å². The molecule has 0 aliphatic carbocycles. The van der Waals surface area contributed by atoms with E-state index in [1.165, 1.54) is 6.07 Å². The van der Waals surface area contributed by atoms with Crippen molar-refractivity contribution >= 4 is 57.7 Å². The molecule has 1 fully saturated rings. The van der Waals surface area contributed by atoms with Crippen molar-refractivity contribution < 1.29 is 4.92 Å². The zero-order valence-corrected chi connectivity index (χ0v) is 19.5. The van der Waals surface area contributed by atoms with Gasteiger partial charge in [0, 0.05) is 39.8 Å². The van der Waals surface area contributed by atoms with Gasteiger partial charge in [0.15, 0.2) is 0 Å². The molecule has 0 saturated carbocycles. The van der Waals surface area contributed by atoms with Crippen molar-refractivity contribution in [2.45, 2.75) is 36.2 Å². The summed E-state index contributed by atoms with van der Waals surface area (Å²) < 4.78 is 0.927. The lowest BCUT2D eigenvalue weighted by molar-refractivity contribution is -0.385. The number of alkyl halides is 1. The van der Waals surface area contributed by atoms with Crippen LogP contribution in [0.5, 0.6) is 0 Å². The molecule has 2 radical (unpaired) electrons. The van der Waals surface area contributed by atoms with Crippen LogP contribution in [0.1, 0.15) is 25.3 Å². The van der Waals surface area contributed by atoms with Gasteiger partial charge in [-0.05, 0) is 39.9 Å². The minimum absolute atomic E-state index is 0.0705. The smallest absolute Gasteiger partial charge is 0.271 e. The molecule has 1 aromatic carbocycles. The largest absolute Gasteiger partial charge is 0.370 e. The molecule has 0 bridgehead atoms. The van der Waals surface area contributed by atoms with Gasteiger partial charge >= 0.3 is 0 Å². The molecule has 1 heterocycles. The molecule has 150 valence electrons. The lowest BCUT2D eigenvalue weighted by Crippen LogP contribution is -2.32. The highest BCUT2D eigenvalue weighted by molar-refractivity contribution is 14.1. The van der Waals surface area contributed by atoms with Crippen LogP contribution in [-0.2, 0) is 0 Å². The Morgan fingerprint density at radius 3 is 2.64 bits per heavy atom. The summed E-state index contributed by atoms with van der Waals surface area (Å²) in [6, 6.07) is 3.27. The maximum Gasteiger partial charge on any atom is 0.271 e. The van der Waals surface area contributed by atoms with Crippen molar-refractivity contribution in [1.29, 1.82) is 0 Å². The first kappa shape index (κ1) is 23.2. The molecule has 1 saturated heterocycles.